The normalized spacial score (nSPS) is 20.2. The average Bonchev–Trinajstić information content (AvgIpc) is 2.95. The molecule has 0 radical (unpaired) electrons. The van der Waals surface area contributed by atoms with Crippen LogP contribution in [-0.2, 0) is 11.2 Å². The molecule has 1 unspecified atom stereocenters. The molecule has 136 valence electrons. The number of nitrogens with zero attached hydrogens (tertiary/aromatic N) is 1. The number of benzene rings is 1. The molecule has 0 aromatic heterocycles. The zero-order chi connectivity index (χ0) is 17.6. The molecule has 0 spiro atoms. The molecule has 1 heterocycles. The summed E-state index contributed by atoms with van der Waals surface area (Å²) >= 11 is 0. The lowest BCUT2D eigenvalue weighted by Crippen LogP contribution is -2.43. The fourth-order valence-electron chi connectivity index (χ4n) is 3.99. The number of hydrogen-bond donors (Lipinski definition) is 2. The van der Waals surface area contributed by atoms with Gasteiger partial charge in [-0.25, -0.2) is 4.79 Å². The van der Waals surface area contributed by atoms with Crippen molar-refractivity contribution < 1.29 is 9.59 Å². The number of para-hydroxylation sites is 1. The summed E-state index contributed by atoms with van der Waals surface area (Å²) in [5.41, 5.74) is 2.29. The lowest BCUT2D eigenvalue weighted by Gasteiger charge is -2.23. The molecule has 5 nitrogen and oxygen atoms in total. The van der Waals surface area contributed by atoms with Gasteiger partial charge in [-0.2, -0.15) is 0 Å². The summed E-state index contributed by atoms with van der Waals surface area (Å²) in [7, 11) is 0. The van der Waals surface area contributed by atoms with Crippen LogP contribution < -0.4 is 15.5 Å². The molecule has 1 aromatic rings. The highest BCUT2D eigenvalue weighted by molar-refractivity contribution is 5.96. The second kappa shape index (κ2) is 8.37. The first-order valence-corrected chi connectivity index (χ1v) is 9.59. The number of rotatable bonds is 5. The van der Waals surface area contributed by atoms with E-state index in [9.17, 15) is 9.59 Å². The summed E-state index contributed by atoms with van der Waals surface area (Å²) in [5, 5.41) is 5.92. The van der Waals surface area contributed by atoms with Gasteiger partial charge in [0.05, 0.1) is 0 Å². The molecule has 25 heavy (non-hydrogen) atoms. The minimum atomic E-state index is -0.0979. The van der Waals surface area contributed by atoms with Crippen LogP contribution in [0, 0.1) is 0 Å². The van der Waals surface area contributed by atoms with Gasteiger partial charge < -0.3 is 15.5 Å². The van der Waals surface area contributed by atoms with Gasteiger partial charge in [0.2, 0.25) is 5.91 Å². The van der Waals surface area contributed by atoms with Gasteiger partial charge in [0.25, 0.3) is 0 Å². The smallest absolute Gasteiger partial charge is 0.315 e. The van der Waals surface area contributed by atoms with Gasteiger partial charge in [0.1, 0.15) is 0 Å². The quantitative estimate of drug-likeness (QED) is 0.805. The van der Waals surface area contributed by atoms with Crippen LogP contribution in [0.15, 0.2) is 24.3 Å². The Morgan fingerprint density at radius 1 is 1.16 bits per heavy atom. The molecule has 1 atom stereocenters. The highest BCUT2D eigenvalue weighted by Gasteiger charge is 2.29. The first-order chi connectivity index (χ1) is 12.1. The summed E-state index contributed by atoms with van der Waals surface area (Å²) in [6.45, 7) is 2.63. The van der Waals surface area contributed by atoms with Gasteiger partial charge in [-0.1, -0.05) is 37.5 Å². The molecule has 0 saturated heterocycles. The third-order valence-corrected chi connectivity index (χ3v) is 5.27. The Bertz CT molecular complexity index is 611. The number of carbonyl (C=O) groups is 2. The molecule has 1 fully saturated rings. The molecule has 2 aliphatic rings. The fourth-order valence-corrected chi connectivity index (χ4v) is 3.99. The molecular weight excluding hydrogens is 314 g/mol. The predicted molar refractivity (Wildman–Crippen MR) is 99.7 cm³/mol. The van der Waals surface area contributed by atoms with Crippen LogP contribution in [0.4, 0.5) is 10.5 Å². The molecule has 3 rings (SSSR count). The first kappa shape index (κ1) is 17.8. The third kappa shape index (κ3) is 4.53. The number of urea groups is 1. The van der Waals surface area contributed by atoms with Gasteiger partial charge in [-0.05, 0) is 44.2 Å². The molecule has 0 bridgehead atoms. The van der Waals surface area contributed by atoms with E-state index in [1.54, 1.807) is 0 Å². The zero-order valence-electron chi connectivity index (χ0n) is 15.1. The van der Waals surface area contributed by atoms with E-state index in [4.69, 9.17) is 0 Å². The van der Waals surface area contributed by atoms with Gasteiger partial charge in [0, 0.05) is 30.7 Å². The Morgan fingerprint density at radius 2 is 1.92 bits per heavy atom. The Hall–Kier alpha value is -2.04. The second-order valence-electron chi connectivity index (χ2n) is 7.28. The van der Waals surface area contributed by atoms with E-state index in [1.807, 2.05) is 23.1 Å². The molecule has 1 aliphatic heterocycles. The molecule has 1 saturated carbocycles. The highest BCUT2D eigenvalue weighted by Crippen LogP contribution is 2.32. The van der Waals surface area contributed by atoms with E-state index < -0.39 is 0 Å². The van der Waals surface area contributed by atoms with Gasteiger partial charge in [-0.3, -0.25) is 4.79 Å². The molecule has 5 heteroatoms. The number of fused-ring (bicyclic) bond motifs is 1. The monoisotopic (exact) mass is 343 g/mol. The zero-order valence-corrected chi connectivity index (χ0v) is 15.1. The number of anilines is 1. The van der Waals surface area contributed by atoms with Gasteiger partial charge in [0.15, 0.2) is 0 Å². The lowest BCUT2D eigenvalue weighted by molar-refractivity contribution is -0.119. The summed E-state index contributed by atoms with van der Waals surface area (Å²) in [6.07, 6.45) is 7.90. The van der Waals surface area contributed by atoms with Crippen LogP contribution in [0.3, 0.4) is 0 Å². The summed E-state index contributed by atoms with van der Waals surface area (Å²) in [5.74, 6) is 0.145. The van der Waals surface area contributed by atoms with E-state index in [-0.39, 0.29) is 18.0 Å². The maximum atomic E-state index is 12.6. The number of carbonyl (C=O) groups excluding carboxylic acids is 2. The van der Waals surface area contributed by atoms with Gasteiger partial charge in [-0.15, -0.1) is 0 Å². The summed E-state index contributed by atoms with van der Waals surface area (Å²) < 4.78 is 0. The van der Waals surface area contributed by atoms with Crippen molar-refractivity contribution >= 4 is 17.6 Å². The van der Waals surface area contributed by atoms with E-state index in [0.29, 0.717) is 25.4 Å². The van der Waals surface area contributed by atoms with Crippen LogP contribution in [0.2, 0.25) is 0 Å². The van der Waals surface area contributed by atoms with Crippen molar-refractivity contribution in [3.8, 4) is 0 Å². The van der Waals surface area contributed by atoms with E-state index >= 15 is 0 Å². The van der Waals surface area contributed by atoms with Crippen LogP contribution in [0.5, 0.6) is 0 Å². The minimum absolute atomic E-state index is 0.0979. The van der Waals surface area contributed by atoms with Crippen molar-refractivity contribution in [1.82, 2.24) is 10.6 Å². The Balaban J connectivity index is 1.39. The fraction of sp³-hybridized carbons (Fsp3) is 0.600. The van der Waals surface area contributed by atoms with Crippen molar-refractivity contribution in [3.63, 3.8) is 0 Å². The SMILES string of the molecule is CC1Cc2ccccc2N1C(=O)CCCNC(=O)NC1CCCCC1. The van der Waals surface area contributed by atoms with E-state index in [1.165, 1.54) is 24.8 Å². The maximum Gasteiger partial charge on any atom is 0.315 e. The minimum Gasteiger partial charge on any atom is -0.338 e. The molecule has 1 aliphatic carbocycles. The van der Waals surface area contributed by atoms with Gasteiger partial charge >= 0.3 is 6.03 Å². The van der Waals surface area contributed by atoms with Crippen LogP contribution in [0.1, 0.15) is 57.4 Å². The third-order valence-electron chi connectivity index (χ3n) is 5.27. The van der Waals surface area contributed by atoms with Crippen molar-refractivity contribution in [2.75, 3.05) is 11.4 Å². The summed E-state index contributed by atoms with van der Waals surface area (Å²) in [4.78, 5) is 26.4. The second-order valence-corrected chi connectivity index (χ2v) is 7.28. The molecule has 1 aromatic carbocycles. The highest BCUT2D eigenvalue weighted by atomic mass is 16.2. The number of amides is 3. The largest absolute Gasteiger partial charge is 0.338 e. The Morgan fingerprint density at radius 3 is 2.72 bits per heavy atom. The standard InChI is InChI=1S/C20H29N3O2/c1-15-14-16-8-5-6-11-18(16)23(15)19(24)12-7-13-21-20(25)22-17-9-3-2-4-10-17/h5-6,8,11,15,17H,2-4,7,9-10,12-14H2,1H3,(H2,21,22,25). The molecular formula is C20H29N3O2. The van der Waals surface area contributed by atoms with Crippen molar-refractivity contribution in [3.05, 3.63) is 29.8 Å². The maximum absolute atomic E-state index is 12.6. The predicted octanol–water partition coefficient (Wildman–Crippen LogP) is 3.38. The van der Waals surface area contributed by atoms with Crippen molar-refractivity contribution in [2.45, 2.75) is 70.4 Å². The van der Waals surface area contributed by atoms with E-state index in [2.05, 4.69) is 23.6 Å². The first-order valence-electron chi connectivity index (χ1n) is 9.59. The van der Waals surface area contributed by atoms with Crippen LogP contribution in [-0.4, -0.2) is 30.6 Å². The molecule has 2 N–H and O–H groups in total. The lowest BCUT2D eigenvalue weighted by atomic mass is 9.96. The number of nitrogens with one attached hydrogen (secondary N) is 2. The van der Waals surface area contributed by atoms with Crippen molar-refractivity contribution in [2.24, 2.45) is 0 Å². The molecule has 3 amide bonds. The Kier molecular flexibility index (Phi) is 5.95. The van der Waals surface area contributed by atoms with Crippen LogP contribution >= 0.6 is 0 Å². The van der Waals surface area contributed by atoms with Crippen LogP contribution in [0.25, 0.3) is 0 Å². The Labute approximate surface area is 150 Å². The topological polar surface area (TPSA) is 61.4 Å². The van der Waals surface area contributed by atoms with E-state index in [0.717, 1.165) is 24.9 Å². The average molecular weight is 343 g/mol. The number of hydrogen-bond acceptors (Lipinski definition) is 2. The van der Waals surface area contributed by atoms with Crippen molar-refractivity contribution in [1.29, 1.82) is 0 Å². The summed E-state index contributed by atoms with van der Waals surface area (Å²) in [6, 6.07) is 8.55.